The van der Waals surface area contributed by atoms with Crippen molar-refractivity contribution in [2.75, 3.05) is 5.32 Å². The van der Waals surface area contributed by atoms with Crippen LogP contribution in [0.15, 0.2) is 72.9 Å². The molecule has 0 aliphatic rings. The van der Waals surface area contributed by atoms with Crippen molar-refractivity contribution >= 4 is 17.4 Å². The fourth-order valence-electron chi connectivity index (χ4n) is 3.17. The van der Waals surface area contributed by atoms with E-state index in [4.69, 9.17) is 0 Å². The third-order valence-electron chi connectivity index (χ3n) is 4.54. The van der Waals surface area contributed by atoms with Gasteiger partial charge in [-0.2, -0.15) is 13.2 Å². The highest BCUT2D eigenvalue weighted by molar-refractivity contribution is 6.06. The monoisotopic (exact) mass is 395 g/mol. The Labute approximate surface area is 164 Å². The zero-order chi connectivity index (χ0) is 20.6. The van der Waals surface area contributed by atoms with E-state index in [0.29, 0.717) is 17.2 Å². The quantitative estimate of drug-likeness (QED) is 0.492. The fraction of sp³-hybridized carbons (Fsp3) is 0.0909. The summed E-state index contributed by atoms with van der Waals surface area (Å²) in [7, 11) is 0. The Morgan fingerprint density at radius 2 is 1.69 bits per heavy atom. The zero-order valence-corrected chi connectivity index (χ0v) is 15.4. The maximum atomic E-state index is 13.3. The number of aryl methyl sites for hydroxylation is 1. The number of hydrogen-bond acceptors (Lipinski definition) is 2. The maximum absolute atomic E-state index is 13.3. The number of hydrogen-bond donors (Lipinski definition) is 1. The first-order valence-corrected chi connectivity index (χ1v) is 8.86. The van der Waals surface area contributed by atoms with E-state index in [-0.39, 0.29) is 0 Å². The van der Waals surface area contributed by atoms with Gasteiger partial charge in [-0.15, -0.1) is 0 Å². The number of imidazole rings is 1. The molecule has 0 spiro atoms. The Hall–Kier alpha value is -3.61. The summed E-state index contributed by atoms with van der Waals surface area (Å²) in [6.45, 7) is 1.91. The molecule has 146 valence electrons. The van der Waals surface area contributed by atoms with Gasteiger partial charge in [0.05, 0.1) is 11.1 Å². The lowest BCUT2D eigenvalue weighted by molar-refractivity contribution is -0.137. The summed E-state index contributed by atoms with van der Waals surface area (Å²) in [5.74, 6) is -0.536. The van der Waals surface area contributed by atoms with E-state index in [1.54, 1.807) is 10.6 Å². The number of anilines is 1. The van der Waals surface area contributed by atoms with Gasteiger partial charge < -0.3 is 5.32 Å². The number of nitrogens with one attached hydrogen (secondary N) is 1. The highest BCUT2D eigenvalue weighted by atomic mass is 19.4. The molecule has 0 radical (unpaired) electrons. The Morgan fingerprint density at radius 3 is 2.41 bits per heavy atom. The molecule has 1 N–H and O–H groups in total. The van der Waals surface area contributed by atoms with Gasteiger partial charge in [0.25, 0.3) is 5.91 Å². The van der Waals surface area contributed by atoms with E-state index in [9.17, 15) is 18.0 Å². The standard InChI is InChI=1S/C22H16F3N3O/c1-14-11-12-28-18(13-14)26-19(15-7-3-2-4-8-15)20(28)27-21(29)16-9-5-6-10-17(16)22(23,24)25/h2-13H,1H3,(H,27,29). The number of benzene rings is 2. The number of fused-ring (bicyclic) bond motifs is 1. The first kappa shape index (κ1) is 18.7. The summed E-state index contributed by atoms with van der Waals surface area (Å²) >= 11 is 0. The van der Waals surface area contributed by atoms with Crippen LogP contribution in [0.2, 0.25) is 0 Å². The van der Waals surface area contributed by atoms with Gasteiger partial charge in [-0.3, -0.25) is 9.20 Å². The molecule has 29 heavy (non-hydrogen) atoms. The molecular formula is C22H16F3N3O. The lowest BCUT2D eigenvalue weighted by atomic mass is 10.1. The summed E-state index contributed by atoms with van der Waals surface area (Å²) in [6.07, 6.45) is -2.90. The number of halogens is 3. The second-order valence-corrected chi connectivity index (χ2v) is 6.60. The van der Waals surface area contributed by atoms with Crippen LogP contribution in [0, 0.1) is 6.92 Å². The van der Waals surface area contributed by atoms with Crippen molar-refractivity contribution in [3.63, 3.8) is 0 Å². The van der Waals surface area contributed by atoms with E-state index >= 15 is 0 Å². The van der Waals surface area contributed by atoms with Crippen molar-refractivity contribution in [2.24, 2.45) is 0 Å². The topological polar surface area (TPSA) is 46.4 Å². The molecule has 0 bridgehead atoms. The molecule has 0 aliphatic heterocycles. The number of nitrogens with zero attached hydrogens (tertiary/aromatic N) is 2. The normalized spacial score (nSPS) is 11.6. The van der Waals surface area contributed by atoms with E-state index < -0.39 is 23.2 Å². The van der Waals surface area contributed by atoms with E-state index in [2.05, 4.69) is 10.3 Å². The summed E-state index contributed by atoms with van der Waals surface area (Å²) in [4.78, 5) is 17.4. The molecule has 0 saturated heterocycles. The highest BCUT2D eigenvalue weighted by Gasteiger charge is 2.35. The molecule has 0 fully saturated rings. The van der Waals surface area contributed by atoms with E-state index in [0.717, 1.165) is 23.3 Å². The first-order chi connectivity index (χ1) is 13.8. The first-order valence-electron chi connectivity index (χ1n) is 8.86. The molecule has 4 aromatic rings. The molecule has 0 saturated carbocycles. The smallest absolute Gasteiger partial charge is 0.306 e. The molecule has 7 heteroatoms. The van der Waals surface area contributed by atoms with Crippen LogP contribution in [0.5, 0.6) is 0 Å². The minimum atomic E-state index is -4.63. The fourth-order valence-corrected chi connectivity index (χ4v) is 3.17. The molecule has 2 heterocycles. The highest BCUT2D eigenvalue weighted by Crippen LogP contribution is 2.33. The number of pyridine rings is 1. The number of aromatic nitrogens is 2. The largest absolute Gasteiger partial charge is 0.417 e. The van der Waals surface area contributed by atoms with Crippen LogP contribution in [0.25, 0.3) is 16.9 Å². The maximum Gasteiger partial charge on any atom is 0.417 e. The molecular weight excluding hydrogens is 379 g/mol. The zero-order valence-electron chi connectivity index (χ0n) is 15.4. The van der Waals surface area contributed by atoms with E-state index in [1.165, 1.54) is 12.1 Å². The summed E-state index contributed by atoms with van der Waals surface area (Å²) in [6, 6.07) is 17.5. The van der Waals surface area contributed by atoms with Crippen LogP contribution in [0.4, 0.5) is 19.0 Å². The molecule has 1 amide bonds. The average Bonchev–Trinajstić information content (AvgIpc) is 3.05. The lowest BCUT2D eigenvalue weighted by Crippen LogP contribution is -2.19. The minimum Gasteiger partial charge on any atom is -0.306 e. The minimum absolute atomic E-state index is 0.313. The Morgan fingerprint density at radius 1 is 1.00 bits per heavy atom. The molecule has 0 unspecified atom stereocenters. The number of alkyl halides is 3. The Bertz CT molecular complexity index is 1200. The van der Waals surface area contributed by atoms with Gasteiger partial charge in [0.15, 0.2) is 0 Å². The predicted molar refractivity (Wildman–Crippen MR) is 105 cm³/mol. The van der Waals surface area contributed by atoms with Gasteiger partial charge in [-0.1, -0.05) is 42.5 Å². The van der Waals surface area contributed by atoms with Crippen LogP contribution < -0.4 is 5.32 Å². The van der Waals surface area contributed by atoms with Crippen LogP contribution >= 0.6 is 0 Å². The SMILES string of the molecule is Cc1ccn2c(NC(=O)c3ccccc3C(F)(F)F)c(-c3ccccc3)nc2c1. The summed E-state index contributed by atoms with van der Waals surface area (Å²) in [5, 5.41) is 2.64. The molecule has 2 aromatic carbocycles. The lowest BCUT2D eigenvalue weighted by Gasteiger charge is -2.13. The van der Waals surface area contributed by atoms with Gasteiger partial charge in [-0.25, -0.2) is 4.98 Å². The van der Waals surface area contributed by atoms with Gasteiger partial charge in [-0.05, 0) is 36.8 Å². The van der Waals surface area contributed by atoms with Gasteiger partial charge in [0.2, 0.25) is 0 Å². The second kappa shape index (κ2) is 7.09. The van der Waals surface area contributed by atoms with E-state index in [1.807, 2.05) is 49.4 Å². The average molecular weight is 395 g/mol. The van der Waals surface area contributed by atoms with Gasteiger partial charge >= 0.3 is 6.18 Å². The number of carbonyl (C=O) groups is 1. The van der Waals surface area contributed by atoms with Crippen molar-refractivity contribution in [3.8, 4) is 11.3 Å². The van der Waals surface area contributed by atoms with Crippen LogP contribution in [0.3, 0.4) is 0 Å². The third kappa shape index (κ3) is 3.59. The Kier molecular flexibility index (Phi) is 4.58. The van der Waals surface area contributed by atoms with Crippen molar-refractivity contribution < 1.29 is 18.0 Å². The summed E-state index contributed by atoms with van der Waals surface area (Å²) < 4.78 is 41.7. The number of rotatable bonds is 3. The predicted octanol–water partition coefficient (Wildman–Crippen LogP) is 5.58. The van der Waals surface area contributed by atoms with Crippen molar-refractivity contribution in [1.82, 2.24) is 9.38 Å². The second-order valence-electron chi connectivity index (χ2n) is 6.60. The number of carbonyl (C=O) groups excluding carboxylic acids is 1. The molecule has 0 atom stereocenters. The molecule has 4 rings (SSSR count). The van der Waals surface area contributed by atoms with Crippen LogP contribution in [-0.2, 0) is 6.18 Å². The van der Waals surface area contributed by atoms with Crippen molar-refractivity contribution in [3.05, 3.63) is 89.6 Å². The van der Waals surface area contributed by atoms with Crippen molar-refractivity contribution in [2.45, 2.75) is 13.1 Å². The van der Waals surface area contributed by atoms with Gasteiger partial charge in [0.1, 0.15) is 17.2 Å². The van der Waals surface area contributed by atoms with Crippen LogP contribution in [-0.4, -0.2) is 15.3 Å². The Balaban J connectivity index is 1.84. The molecule has 4 nitrogen and oxygen atoms in total. The summed E-state index contributed by atoms with van der Waals surface area (Å²) in [5.41, 5.74) is 1.36. The van der Waals surface area contributed by atoms with Gasteiger partial charge in [0, 0.05) is 11.8 Å². The molecule has 0 aliphatic carbocycles. The van der Waals surface area contributed by atoms with Crippen LogP contribution in [0.1, 0.15) is 21.5 Å². The molecule has 2 aromatic heterocycles. The van der Waals surface area contributed by atoms with Crippen molar-refractivity contribution in [1.29, 1.82) is 0 Å². The number of amides is 1. The third-order valence-corrected chi connectivity index (χ3v) is 4.54.